The molecule has 0 aromatic carbocycles. The number of rotatable bonds is 1. The molecule has 1 aliphatic rings. The summed E-state index contributed by atoms with van der Waals surface area (Å²) in [6, 6.07) is 2.80. The molecular formula is C8H15N3. The van der Waals surface area contributed by atoms with Crippen molar-refractivity contribution in [3.63, 3.8) is 0 Å². The highest BCUT2D eigenvalue weighted by molar-refractivity contribution is 4.99. The van der Waals surface area contributed by atoms with Crippen molar-refractivity contribution in [2.45, 2.75) is 25.9 Å². The van der Waals surface area contributed by atoms with Gasteiger partial charge in [0.1, 0.15) is 0 Å². The van der Waals surface area contributed by atoms with Crippen LogP contribution in [0.15, 0.2) is 0 Å². The first-order chi connectivity index (χ1) is 5.15. The van der Waals surface area contributed by atoms with Gasteiger partial charge in [-0.25, -0.2) is 0 Å². The number of likely N-dealkylation sites (tertiary alicyclic amines) is 1. The number of nitrogens with two attached hydrogens (primary N) is 1. The average Bonchev–Trinajstić information content (AvgIpc) is 2.31. The molecule has 0 aliphatic carbocycles. The molecule has 2 atom stereocenters. The molecule has 1 aliphatic heterocycles. The molecule has 0 unspecified atom stereocenters. The number of nitrogens with zero attached hydrogens (tertiary/aromatic N) is 2. The second-order valence-corrected chi connectivity index (χ2v) is 3.45. The minimum Gasteiger partial charge on any atom is -0.325 e. The fourth-order valence-electron chi connectivity index (χ4n) is 1.42. The summed E-state index contributed by atoms with van der Waals surface area (Å²) in [5, 5.41) is 8.68. The molecule has 0 amide bonds. The van der Waals surface area contributed by atoms with Crippen molar-refractivity contribution in [3.05, 3.63) is 0 Å². The molecule has 1 fully saturated rings. The molecule has 1 rings (SSSR count). The first-order valence-corrected chi connectivity index (χ1v) is 4.04. The zero-order chi connectivity index (χ0) is 8.43. The SMILES string of the molecule is CC(C)N1C[C@@H](C#N)[C@@H](N)C1. The smallest absolute Gasteiger partial charge is 0.0753 e. The van der Waals surface area contributed by atoms with Gasteiger partial charge in [-0.1, -0.05) is 0 Å². The maximum absolute atomic E-state index is 8.68. The van der Waals surface area contributed by atoms with Gasteiger partial charge in [-0.2, -0.15) is 5.26 Å². The van der Waals surface area contributed by atoms with E-state index in [1.807, 2.05) is 0 Å². The van der Waals surface area contributed by atoms with E-state index in [9.17, 15) is 0 Å². The topological polar surface area (TPSA) is 53.0 Å². The van der Waals surface area contributed by atoms with E-state index in [4.69, 9.17) is 11.0 Å². The largest absolute Gasteiger partial charge is 0.325 e. The summed E-state index contributed by atoms with van der Waals surface area (Å²) in [5.41, 5.74) is 5.75. The quantitative estimate of drug-likeness (QED) is 0.584. The Bertz CT molecular complexity index is 171. The molecular weight excluding hydrogens is 138 g/mol. The lowest BCUT2D eigenvalue weighted by molar-refractivity contribution is 0.269. The van der Waals surface area contributed by atoms with Gasteiger partial charge < -0.3 is 5.73 Å². The third-order valence-corrected chi connectivity index (χ3v) is 2.29. The first kappa shape index (κ1) is 8.51. The van der Waals surface area contributed by atoms with Crippen molar-refractivity contribution in [1.29, 1.82) is 5.26 Å². The first-order valence-electron chi connectivity index (χ1n) is 4.04. The zero-order valence-electron chi connectivity index (χ0n) is 7.12. The lowest BCUT2D eigenvalue weighted by atomic mass is 10.1. The average molecular weight is 153 g/mol. The highest BCUT2D eigenvalue weighted by atomic mass is 15.2. The van der Waals surface area contributed by atoms with Crippen LogP contribution in [-0.2, 0) is 0 Å². The Kier molecular flexibility index (Phi) is 2.48. The van der Waals surface area contributed by atoms with Crippen molar-refractivity contribution < 1.29 is 0 Å². The van der Waals surface area contributed by atoms with Gasteiger partial charge in [0, 0.05) is 25.2 Å². The molecule has 3 heteroatoms. The number of hydrogen-bond acceptors (Lipinski definition) is 3. The van der Waals surface area contributed by atoms with Gasteiger partial charge >= 0.3 is 0 Å². The highest BCUT2D eigenvalue weighted by Gasteiger charge is 2.30. The summed E-state index contributed by atoms with van der Waals surface area (Å²) in [7, 11) is 0. The number of hydrogen-bond donors (Lipinski definition) is 1. The van der Waals surface area contributed by atoms with Crippen LogP contribution >= 0.6 is 0 Å². The molecule has 11 heavy (non-hydrogen) atoms. The summed E-state index contributed by atoms with van der Waals surface area (Å²) in [6.07, 6.45) is 0. The van der Waals surface area contributed by atoms with E-state index in [1.165, 1.54) is 0 Å². The fourth-order valence-corrected chi connectivity index (χ4v) is 1.42. The van der Waals surface area contributed by atoms with Gasteiger partial charge in [-0.05, 0) is 13.8 Å². The van der Waals surface area contributed by atoms with Gasteiger partial charge in [0.2, 0.25) is 0 Å². The van der Waals surface area contributed by atoms with Crippen LogP contribution in [0.5, 0.6) is 0 Å². The van der Waals surface area contributed by atoms with Crippen LogP contribution in [0.2, 0.25) is 0 Å². The van der Waals surface area contributed by atoms with E-state index >= 15 is 0 Å². The monoisotopic (exact) mass is 153 g/mol. The predicted octanol–water partition coefficient (Wildman–Crippen LogP) is 0.177. The Morgan fingerprint density at radius 2 is 2.18 bits per heavy atom. The van der Waals surface area contributed by atoms with Crippen LogP contribution in [0.1, 0.15) is 13.8 Å². The molecule has 62 valence electrons. The molecule has 0 spiro atoms. The van der Waals surface area contributed by atoms with Crippen molar-refractivity contribution in [2.75, 3.05) is 13.1 Å². The lowest BCUT2D eigenvalue weighted by Gasteiger charge is -2.18. The van der Waals surface area contributed by atoms with Crippen LogP contribution in [0.25, 0.3) is 0 Å². The zero-order valence-corrected chi connectivity index (χ0v) is 7.12. The lowest BCUT2D eigenvalue weighted by Crippen LogP contribution is -2.32. The van der Waals surface area contributed by atoms with Crippen molar-refractivity contribution >= 4 is 0 Å². The number of nitriles is 1. The Morgan fingerprint density at radius 1 is 1.55 bits per heavy atom. The van der Waals surface area contributed by atoms with Gasteiger partial charge in [-0.15, -0.1) is 0 Å². The minimum atomic E-state index is 0.0393. The van der Waals surface area contributed by atoms with E-state index in [1.54, 1.807) is 0 Å². The van der Waals surface area contributed by atoms with Crippen molar-refractivity contribution in [1.82, 2.24) is 4.90 Å². The molecule has 2 N–H and O–H groups in total. The van der Waals surface area contributed by atoms with Crippen LogP contribution in [-0.4, -0.2) is 30.1 Å². The third kappa shape index (κ3) is 1.70. The molecule has 0 bridgehead atoms. The maximum atomic E-state index is 8.68. The molecule has 0 aromatic heterocycles. The van der Waals surface area contributed by atoms with Crippen LogP contribution in [0.4, 0.5) is 0 Å². The summed E-state index contributed by atoms with van der Waals surface area (Å²) >= 11 is 0. The van der Waals surface area contributed by atoms with E-state index in [-0.39, 0.29) is 12.0 Å². The molecule has 1 heterocycles. The standard InChI is InChI=1S/C8H15N3/c1-6(2)11-4-7(3-9)8(10)5-11/h6-8H,4-5,10H2,1-2H3/t7-,8+/m1/s1. The summed E-state index contributed by atoms with van der Waals surface area (Å²) in [5.74, 6) is 0.0393. The maximum Gasteiger partial charge on any atom is 0.0753 e. The molecule has 0 radical (unpaired) electrons. The van der Waals surface area contributed by atoms with Gasteiger partial charge in [0.15, 0.2) is 0 Å². The fraction of sp³-hybridized carbons (Fsp3) is 0.875. The molecule has 3 nitrogen and oxygen atoms in total. The minimum absolute atomic E-state index is 0.0393. The normalized spacial score (nSPS) is 32.6. The Balaban J connectivity index is 2.51. The van der Waals surface area contributed by atoms with E-state index in [0.717, 1.165) is 13.1 Å². The summed E-state index contributed by atoms with van der Waals surface area (Å²) < 4.78 is 0. The summed E-state index contributed by atoms with van der Waals surface area (Å²) in [4.78, 5) is 2.25. The Labute approximate surface area is 67.8 Å². The van der Waals surface area contributed by atoms with E-state index in [2.05, 4.69) is 24.8 Å². The van der Waals surface area contributed by atoms with Crippen molar-refractivity contribution in [3.8, 4) is 6.07 Å². The van der Waals surface area contributed by atoms with E-state index in [0.29, 0.717) is 6.04 Å². The van der Waals surface area contributed by atoms with Gasteiger partial charge in [0.25, 0.3) is 0 Å². The summed E-state index contributed by atoms with van der Waals surface area (Å²) in [6.45, 7) is 5.98. The Hall–Kier alpha value is -0.590. The third-order valence-electron chi connectivity index (χ3n) is 2.29. The second-order valence-electron chi connectivity index (χ2n) is 3.45. The van der Waals surface area contributed by atoms with Crippen LogP contribution in [0, 0.1) is 17.2 Å². The van der Waals surface area contributed by atoms with E-state index < -0.39 is 0 Å². The molecule has 0 saturated carbocycles. The van der Waals surface area contributed by atoms with Crippen LogP contribution in [0.3, 0.4) is 0 Å². The molecule has 1 saturated heterocycles. The van der Waals surface area contributed by atoms with Crippen LogP contribution < -0.4 is 5.73 Å². The van der Waals surface area contributed by atoms with Gasteiger partial charge in [0.05, 0.1) is 12.0 Å². The second kappa shape index (κ2) is 3.21. The van der Waals surface area contributed by atoms with Gasteiger partial charge in [-0.3, -0.25) is 4.90 Å². The highest BCUT2D eigenvalue weighted by Crippen LogP contribution is 2.16. The Morgan fingerprint density at radius 3 is 2.45 bits per heavy atom. The molecule has 0 aromatic rings. The van der Waals surface area contributed by atoms with Crippen molar-refractivity contribution in [2.24, 2.45) is 11.7 Å². The predicted molar refractivity (Wildman–Crippen MR) is 43.8 cm³/mol.